The van der Waals surface area contributed by atoms with Gasteiger partial charge < -0.3 is 10.2 Å². The van der Waals surface area contributed by atoms with Gasteiger partial charge in [-0.3, -0.25) is 9.79 Å². The molecule has 0 radical (unpaired) electrons. The Bertz CT molecular complexity index is 777. The van der Waals surface area contributed by atoms with Crippen molar-refractivity contribution in [3.05, 3.63) is 63.1 Å². The second kappa shape index (κ2) is 8.31. The van der Waals surface area contributed by atoms with Crippen LogP contribution in [0.2, 0.25) is 5.02 Å². The Labute approximate surface area is 153 Å². The van der Waals surface area contributed by atoms with E-state index in [9.17, 15) is 9.90 Å². The molecule has 0 fully saturated rings. The van der Waals surface area contributed by atoms with Crippen molar-refractivity contribution < 1.29 is 15.0 Å². The molecule has 0 amide bonds. The SMILES string of the molecule is CC(CCC(=O)O)N=C(c1cc(Cl)ccc1O)c1ccccc1Br. The van der Waals surface area contributed by atoms with Crippen molar-refractivity contribution in [3.8, 4) is 5.75 Å². The maximum absolute atomic E-state index is 10.8. The van der Waals surface area contributed by atoms with Gasteiger partial charge in [0.25, 0.3) is 0 Å². The van der Waals surface area contributed by atoms with Crippen LogP contribution in [0.4, 0.5) is 0 Å². The second-order valence-electron chi connectivity index (χ2n) is 5.40. The Morgan fingerprint density at radius 3 is 2.62 bits per heavy atom. The van der Waals surface area contributed by atoms with Crippen molar-refractivity contribution in [1.29, 1.82) is 0 Å². The molecule has 0 heterocycles. The van der Waals surface area contributed by atoms with Gasteiger partial charge in [-0.25, -0.2) is 0 Å². The van der Waals surface area contributed by atoms with E-state index in [1.807, 2.05) is 31.2 Å². The molecule has 0 aromatic heterocycles. The van der Waals surface area contributed by atoms with Crippen LogP contribution in [0.25, 0.3) is 0 Å². The van der Waals surface area contributed by atoms with E-state index in [1.165, 1.54) is 6.07 Å². The first-order chi connectivity index (χ1) is 11.4. The number of phenolic OH excluding ortho intramolecular Hbond substituents is 1. The summed E-state index contributed by atoms with van der Waals surface area (Å²) in [5.74, 6) is -0.788. The van der Waals surface area contributed by atoms with E-state index in [0.29, 0.717) is 22.7 Å². The molecule has 2 aromatic carbocycles. The number of aliphatic carboxylic acids is 1. The molecule has 0 aliphatic rings. The second-order valence-corrected chi connectivity index (χ2v) is 6.69. The highest BCUT2D eigenvalue weighted by Crippen LogP contribution is 2.28. The molecule has 6 heteroatoms. The molecule has 4 nitrogen and oxygen atoms in total. The number of carboxylic acid groups (broad SMARTS) is 1. The van der Waals surface area contributed by atoms with Gasteiger partial charge in [0.1, 0.15) is 5.75 Å². The number of aliphatic imine (C=N–C) groups is 1. The Balaban J connectivity index is 2.52. The van der Waals surface area contributed by atoms with Crippen LogP contribution in [0.15, 0.2) is 51.9 Å². The van der Waals surface area contributed by atoms with Gasteiger partial charge in [-0.05, 0) is 37.6 Å². The van der Waals surface area contributed by atoms with Gasteiger partial charge in [0.15, 0.2) is 0 Å². The number of benzene rings is 2. The number of hydrogen-bond acceptors (Lipinski definition) is 3. The third kappa shape index (κ3) is 4.82. The smallest absolute Gasteiger partial charge is 0.303 e. The van der Waals surface area contributed by atoms with E-state index < -0.39 is 5.97 Å². The van der Waals surface area contributed by atoms with Gasteiger partial charge in [-0.2, -0.15) is 0 Å². The Morgan fingerprint density at radius 1 is 1.25 bits per heavy atom. The largest absolute Gasteiger partial charge is 0.507 e. The molecular weight excluding hydrogens is 394 g/mol. The molecule has 0 aliphatic heterocycles. The summed E-state index contributed by atoms with van der Waals surface area (Å²) in [6.07, 6.45) is 0.444. The molecule has 0 spiro atoms. The molecular formula is C18H17BrClNO3. The van der Waals surface area contributed by atoms with Gasteiger partial charge in [0.2, 0.25) is 0 Å². The molecule has 126 valence electrons. The molecule has 2 N–H and O–H groups in total. The first-order valence-electron chi connectivity index (χ1n) is 7.42. The molecule has 1 atom stereocenters. The third-order valence-electron chi connectivity index (χ3n) is 3.47. The fourth-order valence-corrected chi connectivity index (χ4v) is 2.90. The Kier molecular flexibility index (Phi) is 6.40. The summed E-state index contributed by atoms with van der Waals surface area (Å²) < 4.78 is 0.827. The highest BCUT2D eigenvalue weighted by molar-refractivity contribution is 9.10. The zero-order chi connectivity index (χ0) is 17.7. The molecule has 24 heavy (non-hydrogen) atoms. The fourth-order valence-electron chi connectivity index (χ4n) is 2.25. The van der Waals surface area contributed by atoms with E-state index in [4.69, 9.17) is 16.7 Å². The van der Waals surface area contributed by atoms with Crippen LogP contribution < -0.4 is 0 Å². The number of carboxylic acids is 1. The van der Waals surface area contributed by atoms with Crippen LogP contribution in [0, 0.1) is 0 Å². The minimum atomic E-state index is -0.856. The summed E-state index contributed by atoms with van der Waals surface area (Å²) in [4.78, 5) is 15.4. The average molecular weight is 411 g/mol. The summed E-state index contributed by atoms with van der Waals surface area (Å²) in [5, 5.41) is 19.6. The quantitative estimate of drug-likeness (QED) is 0.666. The molecule has 0 saturated heterocycles. The lowest BCUT2D eigenvalue weighted by molar-refractivity contribution is -0.137. The normalized spacial score (nSPS) is 12.9. The van der Waals surface area contributed by atoms with E-state index in [1.54, 1.807) is 12.1 Å². The number of nitrogens with zero attached hydrogens (tertiary/aromatic N) is 1. The summed E-state index contributed by atoms with van der Waals surface area (Å²) >= 11 is 9.57. The maximum atomic E-state index is 10.8. The van der Waals surface area contributed by atoms with Crippen molar-refractivity contribution in [1.82, 2.24) is 0 Å². The average Bonchev–Trinajstić information content (AvgIpc) is 2.54. The number of aromatic hydroxyl groups is 1. The first-order valence-corrected chi connectivity index (χ1v) is 8.59. The lowest BCUT2D eigenvalue weighted by Gasteiger charge is -2.14. The predicted octanol–water partition coefficient (Wildman–Crippen LogP) is 4.90. The minimum absolute atomic E-state index is 0.0371. The van der Waals surface area contributed by atoms with Crippen molar-refractivity contribution >= 4 is 39.2 Å². The molecule has 0 saturated carbocycles. The minimum Gasteiger partial charge on any atom is -0.507 e. The van der Waals surface area contributed by atoms with Crippen LogP contribution >= 0.6 is 27.5 Å². The van der Waals surface area contributed by atoms with Crippen molar-refractivity contribution in [2.75, 3.05) is 0 Å². The summed E-state index contributed by atoms with van der Waals surface area (Å²) in [6.45, 7) is 1.85. The van der Waals surface area contributed by atoms with Crippen molar-refractivity contribution in [2.24, 2.45) is 4.99 Å². The van der Waals surface area contributed by atoms with Crippen LogP contribution in [0.3, 0.4) is 0 Å². The molecule has 2 rings (SSSR count). The highest BCUT2D eigenvalue weighted by atomic mass is 79.9. The van der Waals surface area contributed by atoms with Crippen LogP contribution in [0.1, 0.15) is 30.9 Å². The number of phenols is 1. The number of carbonyl (C=O) groups is 1. The Morgan fingerprint density at radius 2 is 1.96 bits per heavy atom. The van der Waals surface area contributed by atoms with Gasteiger partial charge in [-0.15, -0.1) is 0 Å². The number of hydrogen-bond donors (Lipinski definition) is 2. The van der Waals surface area contributed by atoms with Crippen molar-refractivity contribution in [3.63, 3.8) is 0 Å². The van der Waals surface area contributed by atoms with Crippen LogP contribution in [0.5, 0.6) is 5.75 Å². The topological polar surface area (TPSA) is 69.9 Å². The van der Waals surface area contributed by atoms with E-state index in [-0.39, 0.29) is 18.2 Å². The van der Waals surface area contributed by atoms with E-state index >= 15 is 0 Å². The van der Waals surface area contributed by atoms with Gasteiger partial charge in [-0.1, -0.05) is 45.7 Å². The van der Waals surface area contributed by atoms with Crippen molar-refractivity contribution in [2.45, 2.75) is 25.8 Å². The van der Waals surface area contributed by atoms with Crippen LogP contribution in [-0.4, -0.2) is 27.9 Å². The maximum Gasteiger partial charge on any atom is 0.303 e. The molecule has 0 bridgehead atoms. The summed E-state index contributed by atoms with van der Waals surface area (Å²) in [6, 6.07) is 12.1. The first kappa shape index (κ1) is 18.5. The summed E-state index contributed by atoms with van der Waals surface area (Å²) in [5.41, 5.74) is 1.88. The predicted molar refractivity (Wildman–Crippen MR) is 99.2 cm³/mol. The third-order valence-corrected chi connectivity index (χ3v) is 4.39. The molecule has 0 aliphatic carbocycles. The van der Waals surface area contributed by atoms with E-state index in [2.05, 4.69) is 20.9 Å². The fraction of sp³-hybridized carbons (Fsp3) is 0.222. The summed E-state index contributed by atoms with van der Waals surface area (Å²) in [7, 11) is 0. The van der Waals surface area contributed by atoms with Gasteiger partial charge >= 0.3 is 5.97 Å². The van der Waals surface area contributed by atoms with E-state index in [0.717, 1.165) is 10.0 Å². The monoisotopic (exact) mass is 409 g/mol. The molecule has 2 aromatic rings. The van der Waals surface area contributed by atoms with Gasteiger partial charge in [0, 0.05) is 33.1 Å². The highest BCUT2D eigenvalue weighted by Gasteiger charge is 2.16. The lowest BCUT2D eigenvalue weighted by atomic mass is 10.0. The molecule has 1 unspecified atom stereocenters. The number of rotatable bonds is 6. The lowest BCUT2D eigenvalue weighted by Crippen LogP contribution is -2.11. The standard InChI is InChI=1S/C18H17BrClNO3/c1-11(6-9-17(23)24)21-18(13-4-2-3-5-15(13)19)14-10-12(20)7-8-16(14)22/h2-5,7-8,10-11,22H,6,9H2,1H3,(H,23,24). The zero-order valence-corrected chi connectivity index (χ0v) is 15.4. The number of halogens is 2. The Hall–Kier alpha value is -1.85. The van der Waals surface area contributed by atoms with Crippen LogP contribution in [-0.2, 0) is 4.79 Å². The zero-order valence-electron chi connectivity index (χ0n) is 13.0. The van der Waals surface area contributed by atoms with Gasteiger partial charge in [0.05, 0.1) is 5.71 Å².